The van der Waals surface area contributed by atoms with E-state index < -0.39 is 41.2 Å². The summed E-state index contributed by atoms with van der Waals surface area (Å²) in [5, 5.41) is 8.36. The average molecular weight is 434 g/mol. The first-order chi connectivity index (χ1) is 14.9. The normalized spacial score (nSPS) is 20.5. The van der Waals surface area contributed by atoms with Crippen molar-refractivity contribution in [2.45, 2.75) is 24.8 Å². The Morgan fingerprint density at radius 1 is 1.10 bits per heavy atom. The first kappa shape index (κ1) is 19.5. The first-order valence-electron chi connectivity index (χ1n) is 9.33. The maximum Gasteiger partial charge on any atom is 0.436 e. The third-order valence-corrected chi connectivity index (χ3v) is 5.30. The second kappa shape index (κ2) is 7.08. The molecule has 0 saturated carbocycles. The number of nitrogens with zero attached hydrogens (tertiary/aromatic N) is 6. The molecule has 2 unspecified atom stereocenters. The molecule has 5 rings (SSSR count). The lowest BCUT2D eigenvalue weighted by Gasteiger charge is -2.45. The van der Waals surface area contributed by atoms with E-state index in [1.54, 1.807) is 24.4 Å². The Hall–Kier alpha value is -3.41. The van der Waals surface area contributed by atoms with Crippen molar-refractivity contribution in [1.82, 2.24) is 29.6 Å². The van der Waals surface area contributed by atoms with Crippen LogP contribution >= 0.6 is 0 Å². The number of aromatic nitrogens is 5. The van der Waals surface area contributed by atoms with Crippen LogP contribution in [0.3, 0.4) is 0 Å². The van der Waals surface area contributed by atoms with Gasteiger partial charge in [0.2, 0.25) is 0 Å². The van der Waals surface area contributed by atoms with Gasteiger partial charge in [-0.3, -0.25) is 9.78 Å². The second-order valence-electron chi connectivity index (χ2n) is 7.15. The van der Waals surface area contributed by atoms with Crippen LogP contribution in [0.2, 0.25) is 0 Å². The molecule has 2 aliphatic rings. The van der Waals surface area contributed by atoms with Crippen LogP contribution in [-0.4, -0.2) is 54.8 Å². The molecule has 0 spiro atoms. The molecule has 2 aliphatic heterocycles. The number of morpholine rings is 1. The molecular formula is C19H14F4N6O2. The summed E-state index contributed by atoms with van der Waals surface area (Å²) in [4.78, 5) is 21.8. The summed E-state index contributed by atoms with van der Waals surface area (Å²) in [7, 11) is 0. The van der Waals surface area contributed by atoms with Crippen molar-refractivity contribution >= 4 is 5.91 Å². The lowest BCUT2D eigenvalue weighted by molar-refractivity contribution is -0.143. The van der Waals surface area contributed by atoms with Gasteiger partial charge in [-0.1, -0.05) is 6.07 Å². The SMILES string of the molecule is O=C(c1ccnc(C(F)(F)F)c1F)N1C2COCC1c1nnc(-c3ccccn3)n1C2. The minimum Gasteiger partial charge on any atom is -0.377 e. The van der Waals surface area contributed by atoms with Crippen molar-refractivity contribution in [3.63, 3.8) is 0 Å². The lowest BCUT2D eigenvalue weighted by Crippen LogP contribution is -2.56. The molecule has 2 atom stereocenters. The maximum absolute atomic E-state index is 14.6. The number of ether oxygens (including phenoxy) is 1. The van der Waals surface area contributed by atoms with Gasteiger partial charge in [-0.15, -0.1) is 10.2 Å². The monoisotopic (exact) mass is 434 g/mol. The van der Waals surface area contributed by atoms with Gasteiger partial charge in [0, 0.05) is 18.9 Å². The van der Waals surface area contributed by atoms with E-state index in [1.165, 1.54) is 4.90 Å². The van der Waals surface area contributed by atoms with Crippen LogP contribution in [0, 0.1) is 5.82 Å². The molecule has 0 radical (unpaired) electrons. The van der Waals surface area contributed by atoms with Gasteiger partial charge in [0.05, 0.1) is 24.8 Å². The lowest BCUT2D eigenvalue weighted by atomic mass is 10.0. The van der Waals surface area contributed by atoms with E-state index >= 15 is 0 Å². The number of amides is 1. The van der Waals surface area contributed by atoms with Crippen LogP contribution in [0.15, 0.2) is 36.7 Å². The van der Waals surface area contributed by atoms with Crippen molar-refractivity contribution in [1.29, 1.82) is 0 Å². The molecule has 0 N–H and O–H groups in total. The summed E-state index contributed by atoms with van der Waals surface area (Å²) in [5.41, 5.74) is -1.83. The van der Waals surface area contributed by atoms with Crippen LogP contribution in [0.5, 0.6) is 0 Å². The Balaban J connectivity index is 1.55. The molecule has 160 valence electrons. The number of hydrogen-bond acceptors (Lipinski definition) is 6. The summed E-state index contributed by atoms with van der Waals surface area (Å²) >= 11 is 0. The van der Waals surface area contributed by atoms with Gasteiger partial charge in [-0.2, -0.15) is 13.2 Å². The highest BCUT2D eigenvalue weighted by Gasteiger charge is 2.45. The first-order valence-corrected chi connectivity index (χ1v) is 9.33. The molecule has 0 aliphatic carbocycles. The minimum absolute atomic E-state index is 0.0570. The van der Waals surface area contributed by atoms with Crippen LogP contribution < -0.4 is 0 Å². The van der Waals surface area contributed by atoms with Crippen molar-refractivity contribution in [2.24, 2.45) is 0 Å². The van der Waals surface area contributed by atoms with E-state index in [4.69, 9.17) is 4.74 Å². The average Bonchev–Trinajstić information content (AvgIpc) is 3.16. The Kier molecular flexibility index (Phi) is 4.46. The predicted octanol–water partition coefficient (Wildman–Crippen LogP) is 2.49. The van der Waals surface area contributed by atoms with E-state index in [1.807, 2.05) is 4.57 Å². The number of fused-ring (bicyclic) bond motifs is 4. The van der Waals surface area contributed by atoms with Crippen LogP contribution in [0.25, 0.3) is 11.5 Å². The molecule has 12 heteroatoms. The number of carbonyl (C=O) groups excluding carboxylic acids is 1. The Morgan fingerprint density at radius 3 is 2.68 bits per heavy atom. The Morgan fingerprint density at radius 2 is 1.94 bits per heavy atom. The van der Waals surface area contributed by atoms with Gasteiger partial charge in [-0.05, 0) is 18.2 Å². The Labute approximate surface area is 172 Å². The van der Waals surface area contributed by atoms with Crippen molar-refractivity contribution < 1.29 is 27.1 Å². The molecule has 31 heavy (non-hydrogen) atoms. The summed E-state index contributed by atoms with van der Waals surface area (Å²) in [5.74, 6) is -1.66. The summed E-state index contributed by atoms with van der Waals surface area (Å²) < 4.78 is 61.1. The number of halogens is 4. The van der Waals surface area contributed by atoms with Crippen LogP contribution in [0.4, 0.5) is 17.6 Å². The highest BCUT2D eigenvalue weighted by Crippen LogP contribution is 2.37. The van der Waals surface area contributed by atoms with E-state index in [0.29, 0.717) is 17.3 Å². The number of rotatable bonds is 2. The number of hydrogen-bond donors (Lipinski definition) is 0. The molecule has 1 amide bonds. The van der Waals surface area contributed by atoms with Gasteiger partial charge in [0.1, 0.15) is 11.7 Å². The maximum atomic E-state index is 14.6. The molecule has 8 nitrogen and oxygen atoms in total. The Bertz CT molecular complexity index is 1150. The fourth-order valence-electron chi connectivity index (χ4n) is 3.96. The van der Waals surface area contributed by atoms with Crippen molar-refractivity contribution in [3.05, 3.63) is 59.6 Å². The van der Waals surface area contributed by atoms with E-state index in [9.17, 15) is 22.4 Å². The standard InChI is InChI=1S/C19H14F4N6O2/c20-14-11(4-6-25-15(14)19(21,22)23)18(30)29-10-7-28-16(12-3-1-2-5-24-12)26-27-17(28)13(29)9-31-8-10/h1-6,10,13H,7-9H2. The molecular weight excluding hydrogens is 420 g/mol. The quantitative estimate of drug-likeness (QED) is 0.576. The zero-order valence-corrected chi connectivity index (χ0v) is 15.8. The third-order valence-electron chi connectivity index (χ3n) is 5.30. The topological polar surface area (TPSA) is 86.0 Å². The number of carbonyl (C=O) groups is 1. The van der Waals surface area contributed by atoms with E-state index in [-0.39, 0.29) is 19.8 Å². The van der Waals surface area contributed by atoms with E-state index in [0.717, 1.165) is 12.3 Å². The predicted molar refractivity (Wildman–Crippen MR) is 96.0 cm³/mol. The summed E-state index contributed by atoms with van der Waals surface area (Å²) in [6.07, 6.45) is -2.62. The largest absolute Gasteiger partial charge is 0.436 e. The molecule has 1 fully saturated rings. The smallest absolute Gasteiger partial charge is 0.377 e. The van der Waals surface area contributed by atoms with Gasteiger partial charge in [-0.25, -0.2) is 9.37 Å². The summed E-state index contributed by atoms with van der Waals surface area (Å²) in [6.45, 7) is 0.428. The highest BCUT2D eigenvalue weighted by atomic mass is 19.4. The second-order valence-corrected chi connectivity index (χ2v) is 7.15. The molecule has 1 saturated heterocycles. The third kappa shape index (κ3) is 3.14. The number of pyridine rings is 2. The molecule has 5 heterocycles. The molecule has 2 bridgehead atoms. The van der Waals surface area contributed by atoms with Gasteiger partial charge < -0.3 is 14.2 Å². The zero-order chi connectivity index (χ0) is 21.8. The molecule has 0 aromatic carbocycles. The van der Waals surface area contributed by atoms with Gasteiger partial charge in [0.15, 0.2) is 23.2 Å². The molecule has 3 aromatic heterocycles. The van der Waals surface area contributed by atoms with Gasteiger partial charge >= 0.3 is 6.18 Å². The minimum atomic E-state index is -5.01. The van der Waals surface area contributed by atoms with Crippen molar-refractivity contribution in [3.8, 4) is 11.5 Å². The molecule has 3 aromatic rings. The van der Waals surface area contributed by atoms with Gasteiger partial charge in [0.25, 0.3) is 5.91 Å². The summed E-state index contributed by atoms with van der Waals surface area (Å²) in [6, 6.07) is 5.01. The van der Waals surface area contributed by atoms with Crippen LogP contribution in [0.1, 0.15) is 27.9 Å². The highest BCUT2D eigenvalue weighted by molar-refractivity contribution is 5.95. The fraction of sp³-hybridized carbons (Fsp3) is 0.316. The fourth-order valence-corrected chi connectivity index (χ4v) is 3.96. The van der Waals surface area contributed by atoms with E-state index in [2.05, 4.69) is 20.2 Å². The van der Waals surface area contributed by atoms with Crippen LogP contribution in [-0.2, 0) is 17.5 Å². The zero-order valence-electron chi connectivity index (χ0n) is 15.8. The number of alkyl halides is 3. The van der Waals surface area contributed by atoms with Crippen molar-refractivity contribution in [2.75, 3.05) is 13.2 Å².